The van der Waals surface area contributed by atoms with Gasteiger partial charge in [-0.3, -0.25) is 19.3 Å². The highest BCUT2D eigenvalue weighted by atomic mass is 16.3. The lowest BCUT2D eigenvalue weighted by Gasteiger charge is -2.50. The number of fused-ring (bicyclic) bond motifs is 3. The first-order valence-corrected chi connectivity index (χ1v) is 13.2. The van der Waals surface area contributed by atoms with Crippen molar-refractivity contribution in [2.45, 2.75) is 51.8 Å². The molecule has 4 rings (SSSR count). The number of urea groups is 1. The Morgan fingerprint density at radius 2 is 1.80 bits per heavy atom. The van der Waals surface area contributed by atoms with Crippen LogP contribution in [0.2, 0.25) is 0 Å². The van der Waals surface area contributed by atoms with Crippen molar-refractivity contribution in [1.82, 2.24) is 10.2 Å². The van der Waals surface area contributed by atoms with Gasteiger partial charge in [0.05, 0.1) is 17.3 Å². The summed E-state index contributed by atoms with van der Waals surface area (Å²) in [6.45, 7) is 6.10. The Bertz CT molecular complexity index is 1420. The van der Waals surface area contributed by atoms with Crippen LogP contribution in [0.4, 0.5) is 10.5 Å². The average Bonchev–Trinajstić information content (AvgIpc) is 2.85. The van der Waals surface area contributed by atoms with Gasteiger partial charge in [0.1, 0.15) is 22.8 Å². The molecule has 1 fully saturated rings. The van der Waals surface area contributed by atoms with Crippen LogP contribution in [0.15, 0.2) is 23.0 Å². The van der Waals surface area contributed by atoms with Crippen LogP contribution in [0.5, 0.6) is 5.75 Å². The monoisotopic (exact) mass is 571 g/mol. The minimum Gasteiger partial charge on any atom is -0.508 e. The van der Waals surface area contributed by atoms with Gasteiger partial charge < -0.3 is 42.5 Å². The number of ketones is 2. The molecule has 1 aromatic rings. The molecule has 0 unspecified atom stereocenters. The number of likely N-dealkylation sites (N-methyl/N-ethyl adjacent to an activating group) is 1. The summed E-state index contributed by atoms with van der Waals surface area (Å²) in [5.74, 6) is -7.49. The minimum absolute atomic E-state index is 0.0259. The van der Waals surface area contributed by atoms with Crippen molar-refractivity contribution in [3.05, 3.63) is 39.7 Å². The molecule has 3 aliphatic carbocycles. The maximum atomic E-state index is 14.0. The summed E-state index contributed by atoms with van der Waals surface area (Å²) >= 11 is 0. The number of Topliss-reactive ketones (excluding diaryl/α,β-unsaturated/α-hetero) is 2. The topological polar surface area (TPSA) is 229 Å². The molecule has 0 bridgehead atoms. The first-order valence-electron chi connectivity index (χ1n) is 13.2. The van der Waals surface area contributed by atoms with E-state index in [1.807, 2.05) is 20.8 Å². The summed E-state index contributed by atoms with van der Waals surface area (Å²) in [5.41, 5.74) is 7.96. The largest absolute Gasteiger partial charge is 0.508 e. The number of phenolic OH excluding ortho intramolecular Hbond substituents is 1. The number of aliphatic hydroxyl groups excluding tert-OH is 2. The van der Waals surface area contributed by atoms with Crippen LogP contribution in [-0.2, 0) is 27.3 Å². The van der Waals surface area contributed by atoms with Gasteiger partial charge in [-0.1, -0.05) is 20.8 Å². The Morgan fingerprint density at radius 3 is 2.34 bits per heavy atom. The molecule has 1 aromatic carbocycles. The zero-order chi connectivity index (χ0) is 30.8. The molecule has 0 radical (unpaired) electrons. The van der Waals surface area contributed by atoms with Gasteiger partial charge in [-0.25, -0.2) is 4.79 Å². The quantitative estimate of drug-likeness (QED) is 0.181. The number of hydrogen-bond acceptors (Lipinski definition) is 10. The van der Waals surface area contributed by atoms with Crippen molar-refractivity contribution < 1.29 is 39.6 Å². The number of carbonyl (C=O) groups is 4. The molecule has 41 heavy (non-hydrogen) atoms. The Balaban J connectivity index is 1.86. The Hall–Kier alpha value is -3.94. The number of anilines is 1. The Labute approximate surface area is 236 Å². The summed E-state index contributed by atoms with van der Waals surface area (Å²) < 4.78 is 0. The van der Waals surface area contributed by atoms with E-state index in [4.69, 9.17) is 11.5 Å². The molecule has 0 aliphatic heterocycles. The molecule has 0 aromatic heterocycles. The summed E-state index contributed by atoms with van der Waals surface area (Å²) in [7, 11) is 3.06. The van der Waals surface area contributed by atoms with E-state index in [0.29, 0.717) is 17.7 Å². The number of primary amides is 1. The number of carbonyl (C=O) groups excluding carboxylic acids is 4. The van der Waals surface area contributed by atoms with Crippen LogP contribution in [-0.4, -0.2) is 81.1 Å². The third-order valence-corrected chi connectivity index (χ3v) is 8.06. The molecule has 0 spiro atoms. The number of hydrogen-bond donors (Lipinski definition) is 8. The van der Waals surface area contributed by atoms with Gasteiger partial charge in [-0.05, 0) is 55.5 Å². The summed E-state index contributed by atoms with van der Waals surface area (Å²) in [5, 5.41) is 50.5. The fraction of sp³-hybridized carbons (Fsp3) is 0.500. The molecule has 4 atom stereocenters. The molecule has 3 amide bonds. The molecule has 1 saturated carbocycles. The molecule has 13 heteroatoms. The number of nitrogens with zero attached hydrogens (tertiary/aromatic N) is 1. The van der Waals surface area contributed by atoms with Crippen LogP contribution >= 0.6 is 0 Å². The van der Waals surface area contributed by atoms with Crippen molar-refractivity contribution in [3.8, 4) is 5.75 Å². The van der Waals surface area contributed by atoms with Crippen molar-refractivity contribution in [2.75, 3.05) is 26.0 Å². The summed E-state index contributed by atoms with van der Waals surface area (Å²) in [6, 6.07) is -0.293. The average molecular weight is 572 g/mol. The minimum atomic E-state index is -2.74. The lowest BCUT2D eigenvalue weighted by Crippen LogP contribution is -2.65. The standard InChI is InChI=1S/C28H37N5O8/c1-27(2,3)10-31-26(40)32-15-8-12(9-29)13-6-11-7-14-19(33(4)5)22(36)18(25(30)39)24(38)28(14,41)23(37)16(11)21(35)17(13)20(15)34/h8,11,14,19,34-35,38,41H,6-7,9-10,29H2,1-5H3,(H2,30,39)(H2,31,32,40)/t11-,14-,19-,28-/m0/s1. The van der Waals surface area contributed by atoms with E-state index in [9.17, 15) is 39.6 Å². The van der Waals surface area contributed by atoms with Gasteiger partial charge in [-0.15, -0.1) is 0 Å². The van der Waals surface area contributed by atoms with Crippen molar-refractivity contribution in [2.24, 2.45) is 28.7 Å². The highest BCUT2D eigenvalue weighted by Crippen LogP contribution is 2.53. The number of benzene rings is 1. The van der Waals surface area contributed by atoms with E-state index in [-0.39, 0.29) is 41.6 Å². The van der Waals surface area contributed by atoms with E-state index >= 15 is 0 Å². The molecule has 0 saturated heterocycles. The van der Waals surface area contributed by atoms with E-state index in [1.54, 1.807) is 0 Å². The van der Waals surface area contributed by atoms with Crippen LogP contribution < -0.4 is 22.1 Å². The van der Waals surface area contributed by atoms with Gasteiger partial charge in [0.15, 0.2) is 11.4 Å². The Morgan fingerprint density at radius 1 is 1.17 bits per heavy atom. The van der Waals surface area contributed by atoms with Gasteiger partial charge in [0.2, 0.25) is 5.78 Å². The first kappa shape index (κ1) is 30.0. The molecular formula is C28H37N5O8. The van der Waals surface area contributed by atoms with Crippen LogP contribution in [0.25, 0.3) is 5.76 Å². The lowest BCUT2D eigenvalue weighted by atomic mass is 9.57. The zero-order valence-electron chi connectivity index (χ0n) is 23.7. The normalized spacial score (nSPS) is 26.0. The van der Waals surface area contributed by atoms with Crippen LogP contribution in [0.1, 0.15) is 43.9 Å². The third-order valence-electron chi connectivity index (χ3n) is 8.06. The maximum absolute atomic E-state index is 14.0. The van der Waals surface area contributed by atoms with Gasteiger partial charge in [0, 0.05) is 24.6 Å². The highest BCUT2D eigenvalue weighted by molar-refractivity contribution is 6.24. The number of phenols is 1. The summed E-state index contributed by atoms with van der Waals surface area (Å²) in [6.07, 6.45) is 0.0663. The van der Waals surface area contributed by atoms with Gasteiger partial charge in [0.25, 0.3) is 5.91 Å². The molecule has 222 valence electrons. The number of nitrogens with one attached hydrogen (secondary N) is 2. The van der Waals surface area contributed by atoms with E-state index < -0.39 is 69.8 Å². The van der Waals surface area contributed by atoms with Gasteiger partial charge >= 0.3 is 6.03 Å². The lowest BCUT2D eigenvalue weighted by molar-refractivity contribution is -0.153. The van der Waals surface area contributed by atoms with E-state index in [0.717, 1.165) is 0 Å². The predicted molar refractivity (Wildman–Crippen MR) is 149 cm³/mol. The Kier molecular flexibility index (Phi) is 7.44. The molecule has 0 heterocycles. The number of aromatic hydroxyl groups is 1. The molecule has 10 N–H and O–H groups in total. The predicted octanol–water partition coefficient (Wildman–Crippen LogP) is 0.590. The number of amides is 3. The number of aliphatic hydroxyl groups is 3. The molecule has 13 nitrogen and oxygen atoms in total. The van der Waals surface area contributed by atoms with Crippen molar-refractivity contribution in [1.29, 1.82) is 0 Å². The fourth-order valence-corrected chi connectivity index (χ4v) is 6.18. The number of nitrogens with two attached hydrogens (primary N) is 2. The maximum Gasteiger partial charge on any atom is 0.319 e. The smallest absolute Gasteiger partial charge is 0.319 e. The third kappa shape index (κ3) is 4.73. The molecule has 3 aliphatic rings. The fourth-order valence-electron chi connectivity index (χ4n) is 6.18. The second-order valence-electron chi connectivity index (χ2n) is 12.3. The second-order valence-corrected chi connectivity index (χ2v) is 12.3. The number of rotatable bonds is 5. The highest BCUT2D eigenvalue weighted by Gasteiger charge is 2.64. The molecular weight excluding hydrogens is 534 g/mol. The summed E-state index contributed by atoms with van der Waals surface area (Å²) in [4.78, 5) is 53.2. The second kappa shape index (κ2) is 10.2. The van der Waals surface area contributed by atoms with Crippen molar-refractivity contribution >= 4 is 35.0 Å². The van der Waals surface area contributed by atoms with E-state index in [2.05, 4.69) is 10.6 Å². The van der Waals surface area contributed by atoms with Crippen LogP contribution in [0, 0.1) is 17.3 Å². The van der Waals surface area contributed by atoms with Crippen LogP contribution in [0.3, 0.4) is 0 Å². The first-order chi connectivity index (χ1) is 18.9. The van der Waals surface area contributed by atoms with E-state index in [1.165, 1.54) is 25.1 Å². The van der Waals surface area contributed by atoms with Crippen molar-refractivity contribution in [3.63, 3.8) is 0 Å². The SMILES string of the molecule is CN(C)[C@@H]1C(=O)C(C(N)=O)=C(O)[C@@]2(O)C(=O)C3=C(O)c4c(O)c(NC(=O)NCC(C)(C)C)cc(CN)c4C[C@H]3C[C@@H]12. The van der Waals surface area contributed by atoms with Gasteiger partial charge in [-0.2, -0.15) is 0 Å². The zero-order valence-corrected chi connectivity index (χ0v) is 23.7.